The minimum absolute atomic E-state index is 0.254. The second-order valence-corrected chi connectivity index (χ2v) is 7.21. The second-order valence-electron chi connectivity index (χ2n) is 5.28. The van der Waals surface area contributed by atoms with Crippen LogP contribution >= 0.6 is 0 Å². The highest BCUT2D eigenvalue weighted by Gasteiger charge is 2.30. The summed E-state index contributed by atoms with van der Waals surface area (Å²) in [5, 5.41) is 20.7. The van der Waals surface area contributed by atoms with Crippen LogP contribution in [0.3, 0.4) is 0 Å². The normalized spacial score (nSPS) is 18.9. The molecule has 0 unspecified atom stereocenters. The number of hydrogen-bond acceptors (Lipinski definition) is 6. The average molecular weight is 322 g/mol. The van der Waals surface area contributed by atoms with Crippen molar-refractivity contribution in [1.29, 1.82) is 0 Å². The largest absolute Gasteiger partial charge is 0.451 e. The van der Waals surface area contributed by atoms with E-state index in [2.05, 4.69) is 5.32 Å². The number of nitrogens with one attached hydrogen (secondary N) is 1. The first-order chi connectivity index (χ1) is 9.87. The van der Waals surface area contributed by atoms with E-state index >= 15 is 0 Å². The van der Waals surface area contributed by atoms with Crippen LogP contribution in [0.2, 0.25) is 6.32 Å². The summed E-state index contributed by atoms with van der Waals surface area (Å²) in [6.07, 6.45) is 1.37. The van der Waals surface area contributed by atoms with Gasteiger partial charge in [0.15, 0.2) is 0 Å². The molecule has 0 saturated carbocycles. The Kier molecular flexibility index (Phi) is 8.10. The van der Waals surface area contributed by atoms with Crippen molar-refractivity contribution in [3.8, 4) is 0 Å². The number of nitrogens with zero attached hydrogens (tertiary/aromatic N) is 2. The van der Waals surface area contributed by atoms with E-state index in [1.165, 1.54) is 8.61 Å². The zero-order valence-corrected chi connectivity index (χ0v) is 13.4. The Morgan fingerprint density at radius 3 is 2.52 bits per heavy atom. The predicted octanol–water partition coefficient (Wildman–Crippen LogP) is -1.96. The predicted molar refractivity (Wildman–Crippen MR) is 82.8 cm³/mol. The molecular formula is C11H27BN4O4S. The van der Waals surface area contributed by atoms with Crippen LogP contribution in [0, 0.1) is 0 Å². The first kappa shape index (κ1) is 18.8. The van der Waals surface area contributed by atoms with Crippen LogP contribution < -0.4 is 11.1 Å². The third-order valence-corrected chi connectivity index (χ3v) is 5.63. The van der Waals surface area contributed by atoms with Gasteiger partial charge >= 0.3 is 7.12 Å². The molecule has 8 nitrogen and oxygen atoms in total. The molecule has 1 aliphatic heterocycles. The fourth-order valence-corrected chi connectivity index (χ4v) is 4.02. The lowest BCUT2D eigenvalue weighted by molar-refractivity contribution is 0.305. The van der Waals surface area contributed by atoms with E-state index in [0.717, 1.165) is 0 Å². The summed E-state index contributed by atoms with van der Waals surface area (Å²) in [6, 6.07) is -0.304. The Bertz CT molecular complexity index is 390. The Morgan fingerprint density at radius 2 is 2.00 bits per heavy atom. The van der Waals surface area contributed by atoms with E-state index in [9.17, 15) is 8.42 Å². The van der Waals surface area contributed by atoms with Gasteiger partial charge in [0, 0.05) is 45.3 Å². The summed E-state index contributed by atoms with van der Waals surface area (Å²) < 4.78 is 27.9. The van der Waals surface area contributed by atoms with Crippen LogP contribution in [-0.2, 0) is 10.2 Å². The minimum atomic E-state index is -3.46. The number of hydrogen-bond donors (Lipinski definition) is 4. The first-order valence-electron chi connectivity index (χ1n) is 7.45. The Balaban J connectivity index is 2.52. The number of piperazine rings is 1. The van der Waals surface area contributed by atoms with Gasteiger partial charge in [0.2, 0.25) is 0 Å². The summed E-state index contributed by atoms with van der Waals surface area (Å²) in [4.78, 5) is 0. The van der Waals surface area contributed by atoms with E-state index < -0.39 is 17.3 Å². The quantitative estimate of drug-likeness (QED) is 0.366. The van der Waals surface area contributed by atoms with Gasteiger partial charge in [-0.1, -0.05) is 13.3 Å². The van der Waals surface area contributed by atoms with Crippen molar-refractivity contribution in [3.63, 3.8) is 0 Å². The Labute approximate surface area is 127 Å². The number of likely N-dealkylation sites (N-methyl/N-ethyl adjacent to an activating group) is 1. The van der Waals surface area contributed by atoms with Crippen molar-refractivity contribution in [3.05, 3.63) is 0 Å². The molecule has 1 aliphatic rings. The molecule has 1 rings (SSSR count). The molecule has 1 saturated heterocycles. The molecule has 0 aliphatic carbocycles. The zero-order valence-electron chi connectivity index (χ0n) is 12.6. The molecule has 0 bridgehead atoms. The topological polar surface area (TPSA) is 119 Å². The molecule has 10 heteroatoms. The van der Waals surface area contributed by atoms with Gasteiger partial charge in [-0.05, 0) is 12.7 Å². The molecule has 0 amide bonds. The van der Waals surface area contributed by atoms with Crippen molar-refractivity contribution in [1.82, 2.24) is 13.9 Å². The highest BCUT2D eigenvalue weighted by molar-refractivity contribution is 7.86. The second kappa shape index (κ2) is 9.04. The van der Waals surface area contributed by atoms with E-state index in [0.29, 0.717) is 45.6 Å². The number of rotatable bonds is 9. The molecule has 0 aromatic carbocycles. The van der Waals surface area contributed by atoms with Crippen molar-refractivity contribution in [2.75, 3.05) is 39.3 Å². The number of nitrogens with two attached hydrogens (primary N) is 1. The molecule has 21 heavy (non-hydrogen) atoms. The van der Waals surface area contributed by atoms with E-state index in [1.807, 2.05) is 0 Å². The van der Waals surface area contributed by atoms with Gasteiger partial charge < -0.3 is 21.1 Å². The van der Waals surface area contributed by atoms with Gasteiger partial charge in [0.25, 0.3) is 10.2 Å². The summed E-state index contributed by atoms with van der Waals surface area (Å²) in [6.45, 7) is 4.71. The lowest BCUT2D eigenvalue weighted by atomic mass is 9.83. The van der Waals surface area contributed by atoms with Crippen molar-refractivity contribution in [2.24, 2.45) is 5.73 Å². The van der Waals surface area contributed by atoms with E-state index in [1.54, 1.807) is 6.92 Å². The molecule has 1 atom stereocenters. The monoisotopic (exact) mass is 322 g/mol. The van der Waals surface area contributed by atoms with Gasteiger partial charge in [0.05, 0.1) is 0 Å². The van der Waals surface area contributed by atoms with Crippen LogP contribution in [0.15, 0.2) is 0 Å². The maximum absolute atomic E-state index is 12.5. The van der Waals surface area contributed by atoms with Gasteiger partial charge in [-0.2, -0.15) is 17.0 Å². The molecular weight excluding hydrogens is 295 g/mol. The fourth-order valence-electron chi connectivity index (χ4n) is 2.34. The Morgan fingerprint density at radius 1 is 1.38 bits per heavy atom. The van der Waals surface area contributed by atoms with Gasteiger partial charge in [0.1, 0.15) is 0 Å². The van der Waals surface area contributed by atoms with Crippen molar-refractivity contribution < 1.29 is 18.5 Å². The highest BCUT2D eigenvalue weighted by atomic mass is 32.2. The maximum atomic E-state index is 12.5. The molecule has 0 spiro atoms. The minimum Gasteiger partial charge on any atom is -0.427 e. The van der Waals surface area contributed by atoms with Crippen LogP contribution in [0.1, 0.15) is 19.8 Å². The van der Waals surface area contributed by atoms with Crippen LogP contribution in [0.5, 0.6) is 0 Å². The third-order valence-electron chi connectivity index (χ3n) is 3.56. The van der Waals surface area contributed by atoms with Crippen molar-refractivity contribution >= 4 is 17.3 Å². The van der Waals surface area contributed by atoms with Gasteiger partial charge in [-0.3, -0.25) is 0 Å². The van der Waals surface area contributed by atoms with Gasteiger partial charge in [-0.15, -0.1) is 0 Å². The van der Waals surface area contributed by atoms with Crippen molar-refractivity contribution in [2.45, 2.75) is 32.1 Å². The first-order valence-corrected chi connectivity index (χ1v) is 8.85. The Hall–Kier alpha value is -0.225. The molecule has 1 fully saturated rings. The molecule has 5 N–H and O–H groups in total. The third kappa shape index (κ3) is 6.19. The molecule has 0 radical (unpaired) electrons. The molecule has 1 heterocycles. The van der Waals surface area contributed by atoms with E-state index in [-0.39, 0.29) is 18.9 Å². The SMILES string of the molecule is CCN(C[C@@H](N)CCCB(O)O)S(=O)(=O)N1CCNCC1. The molecule has 0 aromatic rings. The summed E-state index contributed by atoms with van der Waals surface area (Å²) in [5.41, 5.74) is 5.96. The van der Waals surface area contributed by atoms with Crippen LogP contribution in [-0.4, -0.2) is 79.5 Å². The zero-order chi connectivity index (χ0) is 15.9. The fraction of sp³-hybridized carbons (Fsp3) is 1.00. The summed E-state index contributed by atoms with van der Waals surface area (Å²) >= 11 is 0. The van der Waals surface area contributed by atoms with Crippen LogP contribution in [0.4, 0.5) is 0 Å². The standard InChI is InChI=1S/C11H27BN4O4S/c1-2-15(10-11(13)4-3-5-12(17)18)21(19,20)16-8-6-14-7-9-16/h11,14,17-18H,2-10,13H2,1H3/t11-/m0/s1. The van der Waals surface area contributed by atoms with E-state index in [4.69, 9.17) is 15.8 Å². The van der Waals surface area contributed by atoms with Crippen LogP contribution in [0.25, 0.3) is 0 Å². The maximum Gasteiger partial charge on any atom is 0.451 e. The summed E-state index contributed by atoms with van der Waals surface area (Å²) in [7, 11) is -4.79. The smallest absolute Gasteiger partial charge is 0.427 e. The highest BCUT2D eigenvalue weighted by Crippen LogP contribution is 2.11. The average Bonchev–Trinajstić information content (AvgIpc) is 2.45. The lowest BCUT2D eigenvalue weighted by Crippen LogP contribution is -2.53. The summed E-state index contributed by atoms with van der Waals surface area (Å²) in [5.74, 6) is 0. The van der Waals surface area contributed by atoms with Gasteiger partial charge in [-0.25, -0.2) is 0 Å². The lowest BCUT2D eigenvalue weighted by Gasteiger charge is -2.33. The molecule has 124 valence electrons. The molecule has 0 aromatic heterocycles.